The third-order valence-electron chi connectivity index (χ3n) is 1.73. The summed E-state index contributed by atoms with van der Waals surface area (Å²) in [4.78, 5) is 11.3. The summed E-state index contributed by atoms with van der Waals surface area (Å²) < 4.78 is 5.22. The number of rotatable bonds is 4. The predicted molar refractivity (Wildman–Crippen MR) is 52.2 cm³/mol. The molecule has 3 heteroatoms. The molecule has 14 heavy (non-hydrogen) atoms. The minimum atomic E-state index is -0.157. The second-order valence-electron chi connectivity index (χ2n) is 2.72. The molecule has 0 fully saturated rings. The second-order valence-corrected chi connectivity index (χ2v) is 2.72. The van der Waals surface area contributed by atoms with Gasteiger partial charge in [0, 0.05) is 5.56 Å². The topological polar surface area (TPSA) is 50.1 Å². The van der Waals surface area contributed by atoms with Gasteiger partial charge in [-0.05, 0) is 31.2 Å². The number of ether oxygens (including phenoxy) is 1. The van der Waals surface area contributed by atoms with Crippen LogP contribution in [0.2, 0.25) is 0 Å². The number of benzene rings is 1. The van der Waals surface area contributed by atoms with Gasteiger partial charge in [-0.15, -0.1) is 0 Å². The molecular weight excluding hydrogens is 178 g/mol. The molecule has 1 aromatic rings. The Kier molecular flexibility index (Phi) is 3.69. The van der Waals surface area contributed by atoms with Gasteiger partial charge in [-0.2, -0.15) is 5.26 Å². The lowest BCUT2D eigenvalue weighted by Gasteiger charge is -2.02. The van der Waals surface area contributed by atoms with Crippen LogP contribution in [0.15, 0.2) is 24.3 Å². The van der Waals surface area contributed by atoms with Gasteiger partial charge in [0.2, 0.25) is 0 Å². The zero-order chi connectivity index (χ0) is 10.4. The Hall–Kier alpha value is -1.82. The molecule has 72 valence electrons. The highest BCUT2D eigenvalue weighted by molar-refractivity contribution is 5.97. The molecule has 0 aliphatic heterocycles. The first kappa shape index (κ1) is 10.3. The predicted octanol–water partition coefficient (Wildman–Crippen LogP) is 2.18. The molecular formula is C11H11NO2. The molecule has 0 atom stereocenters. The molecule has 1 aromatic carbocycles. The largest absolute Gasteiger partial charge is 0.494 e. The molecule has 0 unspecified atom stereocenters. The number of nitriles is 1. The van der Waals surface area contributed by atoms with Crippen molar-refractivity contribution in [3.05, 3.63) is 29.8 Å². The highest BCUT2D eigenvalue weighted by atomic mass is 16.5. The minimum Gasteiger partial charge on any atom is -0.494 e. The second kappa shape index (κ2) is 5.03. The summed E-state index contributed by atoms with van der Waals surface area (Å²) in [5.74, 6) is 0.580. The van der Waals surface area contributed by atoms with Gasteiger partial charge in [-0.25, -0.2) is 0 Å². The van der Waals surface area contributed by atoms with Gasteiger partial charge >= 0.3 is 0 Å². The first-order valence-electron chi connectivity index (χ1n) is 4.41. The smallest absolute Gasteiger partial charge is 0.176 e. The Balaban J connectivity index is 2.73. The first-order chi connectivity index (χ1) is 6.77. The van der Waals surface area contributed by atoms with Crippen LogP contribution in [0.3, 0.4) is 0 Å². The van der Waals surface area contributed by atoms with Gasteiger partial charge < -0.3 is 4.74 Å². The summed E-state index contributed by atoms with van der Waals surface area (Å²) in [5, 5.41) is 8.34. The third kappa shape index (κ3) is 2.60. The Morgan fingerprint density at radius 2 is 2.07 bits per heavy atom. The summed E-state index contributed by atoms with van der Waals surface area (Å²) in [7, 11) is 0. The first-order valence-corrected chi connectivity index (χ1v) is 4.41. The van der Waals surface area contributed by atoms with Crippen molar-refractivity contribution >= 4 is 5.78 Å². The van der Waals surface area contributed by atoms with Crippen LogP contribution in [0.1, 0.15) is 23.7 Å². The van der Waals surface area contributed by atoms with Crippen LogP contribution >= 0.6 is 0 Å². The number of hydrogen-bond donors (Lipinski definition) is 0. The maximum atomic E-state index is 11.3. The highest BCUT2D eigenvalue weighted by Gasteiger charge is 2.04. The number of carbonyl (C=O) groups is 1. The SMILES string of the molecule is CCOc1ccc(C(=O)CC#N)cc1. The van der Waals surface area contributed by atoms with E-state index in [0.29, 0.717) is 12.2 Å². The number of ketones is 1. The van der Waals surface area contributed by atoms with E-state index in [2.05, 4.69) is 0 Å². The summed E-state index contributed by atoms with van der Waals surface area (Å²) in [5.41, 5.74) is 0.551. The lowest BCUT2D eigenvalue weighted by atomic mass is 10.1. The summed E-state index contributed by atoms with van der Waals surface area (Å²) in [6, 6.07) is 8.63. The Bertz CT molecular complexity index is 349. The fourth-order valence-electron chi connectivity index (χ4n) is 1.08. The van der Waals surface area contributed by atoms with E-state index in [1.807, 2.05) is 13.0 Å². The fourth-order valence-corrected chi connectivity index (χ4v) is 1.08. The maximum absolute atomic E-state index is 11.3. The molecule has 0 N–H and O–H groups in total. The lowest BCUT2D eigenvalue weighted by Crippen LogP contribution is -1.97. The quantitative estimate of drug-likeness (QED) is 0.682. The lowest BCUT2D eigenvalue weighted by molar-refractivity contribution is 0.0997. The van der Waals surface area contributed by atoms with Crippen LogP contribution in [-0.2, 0) is 0 Å². The monoisotopic (exact) mass is 189 g/mol. The van der Waals surface area contributed by atoms with Crippen molar-refractivity contribution in [3.63, 3.8) is 0 Å². The zero-order valence-electron chi connectivity index (χ0n) is 7.99. The average Bonchev–Trinajstić information content (AvgIpc) is 2.20. The van der Waals surface area contributed by atoms with E-state index in [9.17, 15) is 4.79 Å². The average molecular weight is 189 g/mol. The molecule has 0 saturated carbocycles. The van der Waals surface area contributed by atoms with Crippen molar-refractivity contribution in [2.24, 2.45) is 0 Å². The van der Waals surface area contributed by atoms with Crippen molar-refractivity contribution in [2.45, 2.75) is 13.3 Å². The van der Waals surface area contributed by atoms with E-state index < -0.39 is 0 Å². The van der Waals surface area contributed by atoms with Crippen LogP contribution in [0.5, 0.6) is 5.75 Å². The molecule has 0 aliphatic rings. The Morgan fingerprint density at radius 1 is 1.43 bits per heavy atom. The van der Waals surface area contributed by atoms with Gasteiger partial charge in [0.15, 0.2) is 5.78 Å². The van der Waals surface area contributed by atoms with Crippen LogP contribution in [0.25, 0.3) is 0 Å². The molecule has 0 aliphatic carbocycles. The number of Topliss-reactive ketones (excluding diaryl/α,β-unsaturated/α-hetero) is 1. The van der Waals surface area contributed by atoms with Crippen LogP contribution in [0.4, 0.5) is 0 Å². The number of carbonyl (C=O) groups excluding carboxylic acids is 1. The summed E-state index contributed by atoms with van der Waals surface area (Å²) in [6.07, 6.45) is -0.0754. The molecule has 0 saturated heterocycles. The van der Waals surface area contributed by atoms with Crippen LogP contribution < -0.4 is 4.74 Å². The van der Waals surface area contributed by atoms with Crippen LogP contribution in [0, 0.1) is 11.3 Å². The minimum absolute atomic E-state index is 0.0754. The molecule has 0 amide bonds. The normalized spacial score (nSPS) is 9.14. The van der Waals surface area contributed by atoms with E-state index in [1.165, 1.54) is 0 Å². The van der Waals surface area contributed by atoms with Gasteiger partial charge in [0.1, 0.15) is 5.75 Å². The van der Waals surface area contributed by atoms with E-state index in [0.717, 1.165) is 5.75 Å². The van der Waals surface area contributed by atoms with Crippen molar-refractivity contribution in [1.82, 2.24) is 0 Å². The molecule has 0 aromatic heterocycles. The molecule has 0 bridgehead atoms. The molecule has 0 spiro atoms. The van der Waals surface area contributed by atoms with Gasteiger partial charge in [0.05, 0.1) is 19.1 Å². The summed E-state index contributed by atoms with van der Waals surface area (Å²) >= 11 is 0. The fraction of sp³-hybridized carbons (Fsp3) is 0.273. The number of hydrogen-bond acceptors (Lipinski definition) is 3. The van der Waals surface area contributed by atoms with E-state index in [4.69, 9.17) is 10.00 Å². The van der Waals surface area contributed by atoms with Crippen molar-refractivity contribution in [2.75, 3.05) is 6.61 Å². The van der Waals surface area contributed by atoms with Crippen LogP contribution in [-0.4, -0.2) is 12.4 Å². The van der Waals surface area contributed by atoms with E-state index in [-0.39, 0.29) is 12.2 Å². The zero-order valence-corrected chi connectivity index (χ0v) is 7.99. The van der Waals surface area contributed by atoms with Crippen molar-refractivity contribution < 1.29 is 9.53 Å². The standard InChI is InChI=1S/C11H11NO2/c1-2-14-10-5-3-9(4-6-10)11(13)7-8-12/h3-6H,2,7H2,1H3. The molecule has 0 heterocycles. The molecule has 0 radical (unpaired) electrons. The van der Waals surface area contributed by atoms with Crippen molar-refractivity contribution in [1.29, 1.82) is 5.26 Å². The van der Waals surface area contributed by atoms with Gasteiger partial charge in [-0.1, -0.05) is 0 Å². The Morgan fingerprint density at radius 3 is 2.57 bits per heavy atom. The van der Waals surface area contributed by atoms with Gasteiger partial charge in [0.25, 0.3) is 0 Å². The molecule has 3 nitrogen and oxygen atoms in total. The van der Waals surface area contributed by atoms with Gasteiger partial charge in [-0.3, -0.25) is 4.79 Å². The Labute approximate surface area is 82.9 Å². The number of nitrogens with zero attached hydrogens (tertiary/aromatic N) is 1. The van der Waals surface area contributed by atoms with Crippen molar-refractivity contribution in [3.8, 4) is 11.8 Å². The van der Waals surface area contributed by atoms with E-state index in [1.54, 1.807) is 24.3 Å². The third-order valence-corrected chi connectivity index (χ3v) is 1.73. The highest BCUT2D eigenvalue weighted by Crippen LogP contribution is 2.13. The summed E-state index contributed by atoms with van der Waals surface area (Å²) in [6.45, 7) is 2.50. The maximum Gasteiger partial charge on any atom is 0.176 e. The van der Waals surface area contributed by atoms with E-state index >= 15 is 0 Å². The molecule has 1 rings (SSSR count).